The summed E-state index contributed by atoms with van der Waals surface area (Å²) in [7, 11) is 0. The van der Waals surface area contributed by atoms with Crippen molar-refractivity contribution in [1.82, 2.24) is 15.1 Å². The molecule has 1 aromatic carbocycles. The maximum Gasteiger partial charge on any atom is 0.320 e. The van der Waals surface area contributed by atoms with Crippen LogP contribution in [0, 0.1) is 27.9 Å². The van der Waals surface area contributed by atoms with Gasteiger partial charge in [-0.3, -0.25) is 19.6 Å². The number of nitro groups is 1. The van der Waals surface area contributed by atoms with Gasteiger partial charge in [0.25, 0.3) is 5.91 Å². The number of hydrogen-bond donors (Lipinski definition) is 1. The van der Waals surface area contributed by atoms with Crippen LogP contribution in [0.5, 0.6) is 0 Å². The second-order valence-electron chi connectivity index (χ2n) is 9.20. The second kappa shape index (κ2) is 6.97. The van der Waals surface area contributed by atoms with Crippen molar-refractivity contribution in [2.24, 2.45) is 17.8 Å². The Balaban J connectivity index is 1.36. The van der Waals surface area contributed by atoms with E-state index < -0.39 is 10.8 Å². The molecular weight excluding hydrogens is 368 g/mol. The molecule has 1 aromatic heterocycles. The van der Waals surface area contributed by atoms with Crippen LogP contribution < -0.4 is 5.32 Å². The average Bonchev–Trinajstić information content (AvgIpc) is 3.15. The molecule has 4 aliphatic rings. The molecule has 2 aromatic rings. The van der Waals surface area contributed by atoms with Gasteiger partial charge in [0, 0.05) is 6.54 Å². The van der Waals surface area contributed by atoms with Crippen LogP contribution in [0.4, 0.5) is 5.69 Å². The third-order valence-corrected chi connectivity index (χ3v) is 7.14. The lowest BCUT2D eigenvalue weighted by molar-refractivity contribution is -0.385. The molecule has 4 bridgehead atoms. The van der Waals surface area contributed by atoms with Gasteiger partial charge in [-0.05, 0) is 68.3 Å². The third kappa shape index (κ3) is 3.32. The summed E-state index contributed by atoms with van der Waals surface area (Å²) >= 11 is 0. The molecule has 0 saturated heterocycles. The van der Waals surface area contributed by atoms with E-state index in [9.17, 15) is 14.9 Å². The lowest BCUT2D eigenvalue weighted by Gasteiger charge is -2.56. The highest BCUT2D eigenvalue weighted by Crippen LogP contribution is 2.58. The molecule has 7 nitrogen and oxygen atoms in total. The number of carbonyl (C=O) groups excluding carboxylic acids is 1. The fourth-order valence-corrected chi connectivity index (χ4v) is 6.30. The van der Waals surface area contributed by atoms with Gasteiger partial charge in [0.15, 0.2) is 0 Å². The summed E-state index contributed by atoms with van der Waals surface area (Å²) in [5.74, 6) is 1.64. The van der Waals surface area contributed by atoms with Crippen molar-refractivity contribution in [2.45, 2.75) is 50.5 Å². The smallest absolute Gasteiger partial charge is 0.320 e. The Morgan fingerprint density at radius 1 is 1.14 bits per heavy atom. The van der Waals surface area contributed by atoms with Gasteiger partial charge in [0.2, 0.25) is 5.69 Å². The van der Waals surface area contributed by atoms with Crippen LogP contribution in [0.15, 0.2) is 36.5 Å². The molecule has 6 rings (SSSR count). The first-order chi connectivity index (χ1) is 14.0. The van der Waals surface area contributed by atoms with E-state index in [-0.39, 0.29) is 16.9 Å². The summed E-state index contributed by atoms with van der Waals surface area (Å²) < 4.78 is 1.79. The normalized spacial score (nSPS) is 29.7. The number of rotatable bonds is 6. The van der Waals surface area contributed by atoms with Crippen molar-refractivity contribution in [3.05, 3.63) is 57.9 Å². The van der Waals surface area contributed by atoms with Crippen LogP contribution in [0.3, 0.4) is 0 Å². The van der Waals surface area contributed by atoms with Gasteiger partial charge in [-0.15, -0.1) is 0 Å². The van der Waals surface area contributed by atoms with Gasteiger partial charge in [-0.2, -0.15) is 5.10 Å². The Labute approximate surface area is 169 Å². The Hall–Kier alpha value is -2.70. The lowest BCUT2D eigenvalue weighted by Crippen LogP contribution is -2.52. The molecule has 0 aliphatic heterocycles. The molecule has 0 spiro atoms. The molecule has 1 N–H and O–H groups in total. The van der Waals surface area contributed by atoms with Gasteiger partial charge in [-0.1, -0.05) is 30.3 Å². The standard InChI is InChI=1S/C22H26N4O3/c27-21(23-7-6-15-4-2-1-3-5-15)20-19(26(28)29)14-25(24-20)22-11-16-8-17(12-22)10-18(9-16)13-22/h1-5,14,16-18H,6-13H2,(H,23,27). The second-order valence-corrected chi connectivity index (χ2v) is 9.20. The maximum absolute atomic E-state index is 12.7. The molecule has 0 unspecified atom stereocenters. The van der Waals surface area contributed by atoms with Gasteiger partial charge in [0.1, 0.15) is 6.20 Å². The van der Waals surface area contributed by atoms with E-state index in [1.54, 1.807) is 4.68 Å². The first-order valence-electron chi connectivity index (χ1n) is 10.6. The predicted molar refractivity (Wildman–Crippen MR) is 108 cm³/mol. The minimum absolute atomic E-state index is 0.0567. The molecule has 0 radical (unpaired) electrons. The molecule has 4 aliphatic carbocycles. The quantitative estimate of drug-likeness (QED) is 0.598. The van der Waals surface area contributed by atoms with E-state index in [2.05, 4.69) is 10.4 Å². The number of amides is 1. The molecule has 7 heteroatoms. The molecule has 1 heterocycles. The molecule has 29 heavy (non-hydrogen) atoms. The van der Waals surface area contributed by atoms with Crippen LogP contribution >= 0.6 is 0 Å². The highest BCUT2D eigenvalue weighted by Gasteiger charge is 2.53. The molecule has 152 valence electrons. The van der Waals surface area contributed by atoms with E-state index in [0.717, 1.165) is 24.8 Å². The largest absolute Gasteiger partial charge is 0.350 e. The molecule has 4 saturated carbocycles. The van der Waals surface area contributed by atoms with E-state index in [4.69, 9.17) is 0 Å². The van der Waals surface area contributed by atoms with Crippen molar-refractivity contribution in [1.29, 1.82) is 0 Å². The van der Waals surface area contributed by atoms with Crippen molar-refractivity contribution < 1.29 is 9.72 Å². The SMILES string of the molecule is O=C(NCCc1ccccc1)c1nn(C23CC4CC(CC(C4)C2)C3)cc1[N+](=O)[O-]. The third-order valence-electron chi connectivity index (χ3n) is 7.14. The van der Waals surface area contributed by atoms with Gasteiger partial charge in [0.05, 0.1) is 10.5 Å². The fourth-order valence-electron chi connectivity index (χ4n) is 6.30. The first-order valence-corrected chi connectivity index (χ1v) is 10.6. The van der Waals surface area contributed by atoms with E-state index >= 15 is 0 Å². The summed E-state index contributed by atoms with van der Waals surface area (Å²) in [4.78, 5) is 23.9. The number of benzene rings is 1. The zero-order valence-corrected chi connectivity index (χ0v) is 16.4. The summed E-state index contributed by atoms with van der Waals surface area (Å²) in [6, 6.07) is 9.85. The fraction of sp³-hybridized carbons (Fsp3) is 0.545. The van der Waals surface area contributed by atoms with Crippen molar-refractivity contribution >= 4 is 11.6 Å². The zero-order chi connectivity index (χ0) is 20.0. The number of aromatic nitrogens is 2. The summed E-state index contributed by atoms with van der Waals surface area (Å²) in [6.45, 7) is 0.421. The summed E-state index contributed by atoms with van der Waals surface area (Å²) in [5, 5.41) is 19.0. The number of nitrogens with zero attached hydrogens (tertiary/aromatic N) is 3. The van der Waals surface area contributed by atoms with Crippen LogP contribution in [-0.2, 0) is 12.0 Å². The van der Waals surface area contributed by atoms with Crippen LogP contribution in [0.2, 0.25) is 0 Å². The molecule has 1 amide bonds. The number of nitrogens with one attached hydrogen (secondary N) is 1. The Morgan fingerprint density at radius 2 is 1.76 bits per heavy atom. The van der Waals surface area contributed by atoms with Crippen LogP contribution in [-0.4, -0.2) is 27.2 Å². The predicted octanol–water partition coefficient (Wildman–Crippen LogP) is 3.69. The van der Waals surface area contributed by atoms with Crippen LogP contribution in [0.25, 0.3) is 0 Å². The summed E-state index contributed by atoms with van der Waals surface area (Å²) in [5.41, 5.74) is 0.736. The topological polar surface area (TPSA) is 90.1 Å². The minimum atomic E-state index is -0.476. The number of carbonyl (C=O) groups is 1. The Morgan fingerprint density at radius 3 is 2.34 bits per heavy atom. The highest BCUT2D eigenvalue weighted by molar-refractivity contribution is 5.96. The monoisotopic (exact) mass is 394 g/mol. The van der Waals surface area contributed by atoms with Crippen molar-refractivity contribution in [3.63, 3.8) is 0 Å². The van der Waals surface area contributed by atoms with Crippen molar-refractivity contribution in [3.8, 4) is 0 Å². The van der Waals surface area contributed by atoms with Gasteiger partial charge < -0.3 is 5.32 Å². The molecule has 4 fully saturated rings. The summed E-state index contributed by atoms with van der Waals surface area (Å²) in [6.07, 6.45) is 9.16. The van der Waals surface area contributed by atoms with Crippen molar-refractivity contribution in [2.75, 3.05) is 6.54 Å². The van der Waals surface area contributed by atoms with Gasteiger partial charge in [-0.25, -0.2) is 0 Å². The van der Waals surface area contributed by atoms with E-state index in [0.29, 0.717) is 30.7 Å². The first kappa shape index (κ1) is 18.3. The zero-order valence-electron chi connectivity index (χ0n) is 16.4. The minimum Gasteiger partial charge on any atom is -0.350 e. The van der Waals surface area contributed by atoms with E-state index in [1.807, 2.05) is 30.3 Å². The average molecular weight is 394 g/mol. The maximum atomic E-state index is 12.7. The molecule has 0 atom stereocenters. The number of hydrogen-bond acceptors (Lipinski definition) is 4. The highest BCUT2D eigenvalue weighted by atomic mass is 16.6. The Kier molecular flexibility index (Phi) is 4.41. The van der Waals surface area contributed by atoms with Gasteiger partial charge >= 0.3 is 5.69 Å². The van der Waals surface area contributed by atoms with E-state index in [1.165, 1.54) is 25.5 Å². The lowest BCUT2D eigenvalue weighted by atomic mass is 9.53. The molecular formula is C22H26N4O3. The Bertz CT molecular complexity index is 902. The van der Waals surface area contributed by atoms with Crippen LogP contribution in [0.1, 0.15) is 54.6 Å².